The number of hydrogen-bond donors (Lipinski definition) is 0. The van der Waals surface area contributed by atoms with Crippen molar-refractivity contribution in [2.45, 2.75) is 38.5 Å². The van der Waals surface area contributed by atoms with Crippen molar-refractivity contribution in [3.63, 3.8) is 0 Å². The lowest BCUT2D eigenvalue weighted by molar-refractivity contribution is 0.255. The van der Waals surface area contributed by atoms with Crippen molar-refractivity contribution < 1.29 is 4.74 Å². The van der Waals surface area contributed by atoms with Gasteiger partial charge in [0.25, 0.3) is 0 Å². The Bertz CT molecular complexity index is 392. The van der Waals surface area contributed by atoms with Crippen LogP contribution in [-0.2, 0) is 0 Å². The number of benzene rings is 1. The molecule has 0 spiro atoms. The van der Waals surface area contributed by atoms with Crippen LogP contribution >= 0.6 is 0 Å². The maximum absolute atomic E-state index is 5.45. The molecule has 0 bridgehead atoms. The van der Waals surface area contributed by atoms with Crippen LogP contribution in [0.15, 0.2) is 18.2 Å². The number of methoxy groups -OCH3 is 1. The van der Waals surface area contributed by atoms with Crippen LogP contribution in [0.2, 0.25) is 0 Å². The molecule has 1 heterocycles. The second-order valence-electron chi connectivity index (χ2n) is 5.77. The zero-order chi connectivity index (χ0) is 13.1. The molecular formula is C16H25NO. The fraction of sp³-hybridized carbons (Fsp3) is 0.625. The van der Waals surface area contributed by atoms with Crippen LogP contribution in [-0.4, -0.2) is 32.1 Å². The summed E-state index contributed by atoms with van der Waals surface area (Å²) in [6.07, 6.45) is 2.53. The van der Waals surface area contributed by atoms with Crippen LogP contribution in [0.25, 0.3) is 0 Å². The molecule has 1 aromatic rings. The molecule has 2 heteroatoms. The standard InChI is InChI=1S/C16H25NO/c1-12(2)14-9-15(11-16(10-14)18-4)13-5-7-17(3)8-6-13/h9-13H,5-8H2,1-4H3. The highest BCUT2D eigenvalue weighted by Crippen LogP contribution is 2.32. The normalized spacial score (nSPS) is 18.3. The molecule has 1 aliphatic rings. The van der Waals surface area contributed by atoms with Crippen molar-refractivity contribution in [1.82, 2.24) is 4.90 Å². The van der Waals surface area contributed by atoms with Crippen molar-refractivity contribution in [3.8, 4) is 5.75 Å². The van der Waals surface area contributed by atoms with Crippen LogP contribution in [0.5, 0.6) is 5.75 Å². The van der Waals surface area contributed by atoms with E-state index in [1.165, 1.54) is 37.1 Å². The van der Waals surface area contributed by atoms with E-state index >= 15 is 0 Å². The Morgan fingerprint density at radius 1 is 1.17 bits per heavy atom. The lowest BCUT2D eigenvalue weighted by atomic mass is 9.87. The molecular weight excluding hydrogens is 222 g/mol. The highest BCUT2D eigenvalue weighted by molar-refractivity contribution is 5.38. The predicted octanol–water partition coefficient (Wildman–Crippen LogP) is 3.63. The fourth-order valence-electron chi connectivity index (χ4n) is 2.67. The van der Waals surface area contributed by atoms with Crippen molar-refractivity contribution >= 4 is 0 Å². The summed E-state index contributed by atoms with van der Waals surface area (Å²) in [4.78, 5) is 2.42. The molecule has 18 heavy (non-hydrogen) atoms. The van der Waals surface area contributed by atoms with E-state index in [0.717, 1.165) is 5.75 Å². The number of likely N-dealkylation sites (tertiary alicyclic amines) is 1. The third-order valence-electron chi connectivity index (χ3n) is 4.04. The highest BCUT2D eigenvalue weighted by Gasteiger charge is 2.19. The van der Waals surface area contributed by atoms with Crippen LogP contribution in [0.1, 0.15) is 49.7 Å². The van der Waals surface area contributed by atoms with Gasteiger partial charge in [0.15, 0.2) is 0 Å². The van der Waals surface area contributed by atoms with Gasteiger partial charge in [-0.1, -0.05) is 19.9 Å². The Hall–Kier alpha value is -1.02. The molecule has 0 unspecified atom stereocenters. The van der Waals surface area contributed by atoms with Gasteiger partial charge in [0.2, 0.25) is 0 Å². The van der Waals surface area contributed by atoms with E-state index in [1.807, 2.05) is 0 Å². The minimum absolute atomic E-state index is 0.560. The van der Waals surface area contributed by atoms with E-state index in [0.29, 0.717) is 11.8 Å². The molecule has 2 rings (SSSR count). The predicted molar refractivity (Wildman–Crippen MR) is 76.6 cm³/mol. The molecule has 0 aromatic heterocycles. The van der Waals surface area contributed by atoms with Gasteiger partial charge in [-0.3, -0.25) is 0 Å². The van der Waals surface area contributed by atoms with Crippen molar-refractivity contribution in [3.05, 3.63) is 29.3 Å². The number of nitrogens with zero attached hydrogens (tertiary/aromatic N) is 1. The minimum Gasteiger partial charge on any atom is -0.497 e. The van der Waals surface area contributed by atoms with E-state index in [4.69, 9.17) is 4.74 Å². The lowest BCUT2D eigenvalue weighted by Crippen LogP contribution is -2.29. The molecule has 0 atom stereocenters. The van der Waals surface area contributed by atoms with Crippen LogP contribution in [0.4, 0.5) is 0 Å². The minimum atomic E-state index is 0.560. The topological polar surface area (TPSA) is 12.5 Å². The summed E-state index contributed by atoms with van der Waals surface area (Å²) in [5.74, 6) is 2.27. The first-order chi connectivity index (χ1) is 8.60. The summed E-state index contributed by atoms with van der Waals surface area (Å²) in [5.41, 5.74) is 2.86. The third-order valence-corrected chi connectivity index (χ3v) is 4.04. The first-order valence-electron chi connectivity index (χ1n) is 6.97. The van der Waals surface area contributed by atoms with Gasteiger partial charge in [0.1, 0.15) is 5.75 Å². The SMILES string of the molecule is COc1cc(C(C)C)cc(C2CCN(C)CC2)c1. The Kier molecular flexibility index (Phi) is 4.28. The number of hydrogen-bond acceptors (Lipinski definition) is 2. The molecule has 0 aliphatic carbocycles. The molecule has 0 amide bonds. The maximum atomic E-state index is 5.45. The zero-order valence-electron chi connectivity index (χ0n) is 12.1. The van der Waals surface area contributed by atoms with Gasteiger partial charge in [-0.05, 0) is 68.1 Å². The summed E-state index contributed by atoms with van der Waals surface area (Å²) in [7, 11) is 3.97. The number of rotatable bonds is 3. The fourth-order valence-corrected chi connectivity index (χ4v) is 2.67. The smallest absolute Gasteiger partial charge is 0.119 e. The van der Waals surface area contributed by atoms with Crippen molar-refractivity contribution in [2.75, 3.05) is 27.2 Å². The summed E-state index contributed by atoms with van der Waals surface area (Å²) < 4.78 is 5.45. The van der Waals surface area contributed by atoms with E-state index in [9.17, 15) is 0 Å². The Labute approximate surface area is 111 Å². The van der Waals surface area contributed by atoms with Crippen LogP contribution in [0.3, 0.4) is 0 Å². The van der Waals surface area contributed by atoms with E-state index in [-0.39, 0.29) is 0 Å². The summed E-state index contributed by atoms with van der Waals surface area (Å²) >= 11 is 0. The van der Waals surface area contributed by atoms with Crippen molar-refractivity contribution in [2.24, 2.45) is 0 Å². The second-order valence-corrected chi connectivity index (χ2v) is 5.77. The van der Waals surface area contributed by atoms with Gasteiger partial charge in [-0.15, -0.1) is 0 Å². The molecule has 0 radical (unpaired) electrons. The zero-order valence-corrected chi connectivity index (χ0v) is 12.1. The quantitative estimate of drug-likeness (QED) is 0.808. The molecule has 1 aliphatic heterocycles. The molecule has 1 aromatic carbocycles. The van der Waals surface area contributed by atoms with Gasteiger partial charge in [-0.2, -0.15) is 0 Å². The maximum Gasteiger partial charge on any atom is 0.119 e. The van der Waals surface area contributed by atoms with E-state index < -0.39 is 0 Å². The first-order valence-corrected chi connectivity index (χ1v) is 6.97. The monoisotopic (exact) mass is 247 g/mol. The van der Waals surface area contributed by atoms with Crippen LogP contribution < -0.4 is 4.74 Å². The van der Waals surface area contributed by atoms with Crippen molar-refractivity contribution in [1.29, 1.82) is 0 Å². The Morgan fingerprint density at radius 3 is 2.39 bits per heavy atom. The van der Waals surface area contributed by atoms with E-state index in [2.05, 4.69) is 44.0 Å². The lowest BCUT2D eigenvalue weighted by Gasteiger charge is -2.29. The first kappa shape index (κ1) is 13.4. The molecule has 0 N–H and O–H groups in total. The third kappa shape index (κ3) is 3.05. The number of ether oxygens (including phenoxy) is 1. The molecule has 1 saturated heterocycles. The molecule has 2 nitrogen and oxygen atoms in total. The summed E-state index contributed by atoms with van der Waals surface area (Å²) in [6, 6.07) is 6.77. The molecule has 1 fully saturated rings. The van der Waals surface area contributed by atoms with Gasteiger partial charge in [0, 0.05) is 0 Å². The summed E-state index contributed by atoms with van der Waals surface area (Å²) in [6.45, 7) is 6.90. The Morgan fingerprint density at radius 2 is 1.83 bits per heavy atom. The average Bonchev–Trinajstić information content (AvgIpc) is 2.39. The van der Waals surface area contributed by atoms with Crippen LogP contribution in [0, 0.1) is 0 Å². The average molecular weight is 247 g/mol. The van der Waals surface area contributed by atoms with Gasteiger partial charge in [0.05, 0.1) is 7.11 Å². The second kappa shape index (κ2) is 5.75. The molecule has 100 valence electrons. The van der Waals surface area contributed by atoms with Gasteiger partial charge in [-0.25, -0.2) is 0 Å². The number of piperidine rings is 1. The highest BCUT2D eigenvalue weighted by atomic mass is 16.5. The molecule has 0 saturated carbocycles. The van der Waals surface area contributed by atoms with Gasteiger partial charge < -0.3 is 9.64 Å². The Balaban J connectivity index is 2.23. The largest absolute Gasteiger partial charge is 0.497 e. The van der Waals surface area contributed by atoms with E-state index in [1.54, 1.807) is 7.11 Å². The summed E-state index contributed by atoms with van der Waals surface area (Å²) in [5, 5.41) is 0. The van der Waals surface area contributed by atoms with Gasteiger partial charge >= 0.3 is 0 Å².